The third-order valence-corrected chi connectivity index (χ3v) is 3.76. The highest BCUT2D eigenvalue weighted by Gasteiger charge is 2.07. The maximum Gasteiger partial charge on any atom is 0.248 e. The molecule has 0 bridgehead atoms. The second-order valence-electron chi connectivity index (χ2n) is 3.90. The van der Waals surface area contributed by atoms with Crippen molar-refractivity contribution in [2.75, 3.05) is 0 Å². The van der Waals surface area contributed by atoms with Crippen molar-refractivity contribution in [2.45, 2.75) is 6.61 Å². The molecular formula is C14H11Br2NO2. The molecule has 2 N–H and O–H groups in total. The van der Waals surface area contributed by atoms with E-state index in [0.29, 0.717) is 12.2 Å². The average Bonchev–Trinajstić information content (AvgIpc) is 2.38. The number of carbonyl (C=O) groups excluding carboxylic acids is 1. The topological polar surface area (TPSA) is 52.3 Å². The molecule has 5 heteroatoms. The van der Waals surface area contributed by atoms with Gasteiger partial charge in [0.25, 0.3) is 0 Å². The van der Waals surface area contributed by atoms with Crippen molar-refractivity contribution < 1.29 is 9.53 Å². The fraction of sp³-hybridized carbons (Fsp3) is 0.0714. The van der Waals surface area contributed by atoms with Crippen molar-refractivity contribution in [2.24, 2.45) is 5.73 Å². The minimum absolute atomic E-state index is 0.363. The molecule has 0 aliphatic rings. The molecule has 3 nitrogen and oxygen atoms in total. The van der Waals surface area contributed by atoms with Crippen molar-refractivity contribution >= 4 is 37.8 Å². The first-order valence-electron chi connectivity index (χ1n) is 5.53. The minimum Gasteiger partial charge on any atom is -0.487 e. The Labute approximate surface area is 128 Å². The van der Waals surface area contributed by atoms with E-state index in [4.69, 9.17) is 10.5 Å². The van der Waals surface area contributed by atoms with Gasteiger partial charge in [0.15, 0.2) is 0 Å². The summed E-state index contributed by atoms with van der Waals surface area (Å²) in [7, 11) is 0. The van der Waals surface area contributed by atoms with E-state index in [-0.39, 0.29) is 0 Å². The molecule has 0 radical (unpaired) electrons. The zero-order valence-electron chi connectivity index (χ0n) is 9.90. The SMILES string of the molecule is NC(=O)c1cccc(COc2c(Br)cccc2Br)c1. The summed E-state index contributed by atoms with van der Waals surface area (Å²) in [5, 5.41) is 0. The summed E-state index contributed by atoms with van der Waals surface area (Å²) in [5.74, 6) is 0.288. The van der Waals surface area contributed by atoms with Gasteiger partial charge < -0.3 is 10.5 Å². The Morgan fingerprint density at radius 1 is 1.11 bits per heavy atom. The number of ether oxygens (including phenoxy) is 1. The number of carbonyl (C=O) groups is 1. The molecule has 0 aromatic heterocycles. The first-order chi connectivity index (χ1) is 9.08. The van der Waals surface area contributed by atoms with Crippen LogP contribution in [0.5, 0.6) is 5.75 Å². The van der Waals surface area contributed by atoms with E-state index in [9.17, 15) is 4.79 Å². The van der Waals surface area contributed by atoms with Gasteiger partial charge in [0.2, 0.25) is 5.91 Å². The Balaban J connectivity index is 2.15. The standard InChI is InChI=1S/C14H11Br2NO2/c15-11-5-2-6-12(16)13(11)19-8-9-3-1-4-10(7-9)14(17)18/h1-7H,8H2,(H2,17,18). The fourth-order valence-electron chi connectivity index (χ4n) is 1.59. The van der Waals surface area contributed by atoms with Gasteiger partial charge in [-0.25, -0.2) is 0 Å². The van der Waals surface area contributed by atoms with Crippen molar-refractivity contribution in [1.82, 2.24) is 0 Å². The predicted octanol–water partition coefficient (Wildman–Crippen LogP) is 3.89. The number of halogens is 2. The summed E-state index contributed by atoms with van der Waals surface area (Å²) in [6, 6.07) is 12.8. The third-order valence-electron chi connectivity index (χ3n) is 2.51. The molecule has 1 amide bonds. The number of nitrogens with two attached hydrogens (primary N) is 1. The van der Waals surface area contributed by atoms with Crippen LogP contribution >= 0.6 is 31.9 Å². The summed E-state index contributed by atoms with van der Waals surface area (Å²) >= 11 is 6.86. The summed E-state index contributed by atoms with van der Waals surface area (Å²) in [6.07, 6.45) is 0. The average molecular weight is 385 g/mol. The zero-order valence-corrected chi connectivity index (χ0v) is 13.1. The van der Waals surface area contributed by atoms with E-state index < -0.39 is 5.91 Å². The van der Waals surface area contributed by atoms with Crippen LogP contribution in [0.15, 0.2) is 51.4 Å². The smallest absolute Gasteiger partial charge is 0.248 e. The quantitative estimate of drug-likeness (QED) is 0.869. The Hall–Kier alpha value is -1.33. The molecule has 2 rings (SSSR count). The molecule has 0 aliphatic heterocycles. The lowest BCUT2D eigenvalue weighted by molar-refractivity contribution is 0.1000. The highest BCUT2D eigenvalue weighted by atomic mass is 79.9. The molecule has 2 aromatic rings. The highest BCUT2D eigenvalue weighted by Crippen LogP contribution is 2.33. The molecule has 0 fully saturated rings. The van der Waals surface area contributed by atoms with Crippen molar-refractivity contribution in [3.05, 3.63) is 62.5 Å². The molecule has 0 unspecified atom stereocenters. The van der Waals surface area contributed by atoms with Gasteiger partial charge in [-0.15, -0.1) is 0 Å². The molecule has 0 heterocycles. The zero-order chi connectivity index (χ0) is 13.8. The fourth-order valence-corrected chi connectivity index (χ4v) is 2.82. The molecule has 0 atom stereocenters. The Bertz CT molecular complexity index is 594. The Kier molecular flexibility index (Phi) is 4.61. The van der Waals surface area contributed by atoms with Crippen LogP contribution in [0, 0.1) is 0 Å². The summed E-state index contributed by atoms with van der Waals surface area (Å²) in [6.45, 7) is 0.363. The molecule has 0 saturated carbocycles. The lowest BCUT2D eigenvalue weighted by atomic mass is 10.1. The van der Waals surface area contributed by atoms with Crippen LogP contribution in [-0.4, -0.2) is 5.91 Å². The van der Waals surface area contributed by atoms with E-state index in [1.165, 1.54) is 0 Å². The summed E-state index contributed by atoms with van der Waals surface area (Å²) < 4.78 is 7.48. The van der Waals surface area contributed by atoms with Gasteiger partial charge in [0.05, 0.1) is 8.95 Å². The lowest BCUT2D eigenvalue weighted by Crippen LogP contribution is -2.11. The number of rotatable bonds is 4. The second kappa shape index (κ2) is 6.21. The first-order valence-corrected chi connectivity index (χ1v) is 7.12. The largest absolute Gasteiger partial charge is 0.487 e. The van der Waals surface area contributed by atoms with E-state index >= 15 is 0 Å². The van der Waals surface area contributed by atoms with Gasteiger partial charge in [-0.2, -0.15) is 0 Å². The molecule has 2 aromatic carbocycles. The van der Waals surface area contributed by atoms with Crippen molar-refractivity contribution in [3.8, 4) is 5.75 Å². The maximum absolute atomic E-state index is 11.1. The van der Waals surface area contributed by atoms with Crippen LogP contribution < -0.4 is 10.5 Å². The minimum atomic E-state index is -0.441. The molecular weight excluding hydrogens is 374 g/mol. The van der Waals surface area contributed by atoms with Crippen LogP contribution in [0.3, 0.4) is 0 Å². The monoisotopic (exact) mass is 383 g/mol. The molecule has 19 heavy (non-hydrogen) atoms. The van der Waals surface area contributed by atoms with E-state index in [1.807, 2.05) is 24.3 Å². The van der Waals surface area contributed by atoms with Crippen LogP contribution in [0.1, 0.15) is 15.9 Å². The van der Waals surface area contributed by atoms with E-state index in [2.05, 4.69) is 31.9 Å². The van der Waals surface area contributed by atoms with Gasteiger partial charge in [0.1, 0.15) is 12.4 Å². The number of amides is 1. The van der Waals surface area contributed by atoms with E-state index in [1.54, 1.807) is 18.2 Å². The first kappa shape index (κ1) is 14.1. The number of hydrogen-bond acceptors (Lipinski definition) is 2. The Morgan fingerprint density at radius 2 is 1.74 bits per heavy atom. The molecule has 0 aliphatic carbocycles. The number of primary amides is 1. The van der Waals surface area contributed by atoms with Crippen molar-refractivity contribution in [1.29, 1.82) is 0 Å². The summed E-state index contributed by atoms with van der Waals surface area (Å²) in [5.41, 5.74) is 6.61. The summed E-state index contributed by atoms with van der Waals surface area (Å²) in [4.78, 5) is 11.1. The Morgan fingerprint density at radius 3 is 2.37 bits per heavy atom. The van der Waals surface area contributed by atoms with Gasteiger partial charge >= 0.3 is 0 Å². The van der Waals surface area contributed by atoms with Gasteiger partial charge in [-0.3, -0.25) is 4.79 Å². The number of hydrogen-bond donors (Lipinski definition) is 1. The highest BCUT2D eigenvalue weighted by molar-refractivity contribution is 9.11. The van der Waals surface area contributed by atoms with Crippen LogP contribution in [0.25, 0.3) is 0 Å². The second-order valence-corrected chi connectivity index (χ2v) is 5.61. The molecule has 98 valence electrons. The third kappa shape index (κ3) is 3.58. The number of para-hydroxylation sites is 1. The normalized spacial score (nSPS) is 10.2. The lowest BCUT2D eigenvalue weighted by Gasteiger charge is -2.10. The van der Waals surface area contributed by atoms with Gasteiger partial charge in [0, 0.05) is 5.56 Å². The van der Waals surface area contributed by atoms with Crippen LogP contribution in [-0.2, 0) is 6.61 Å². The maximum atomic E-state index is 11.1. The van der Waals surface area contributed by atoms with Crippen molar-refractivity contribution in [3.63, 3.8) is 0 Å². The van der Waals surface area contributed by atoms with Crippen LogP contribution in [0.2, 0.25) is 0 Å². The predicted molar refractivity (Wildman–Crippen MR) is 81.1 cm³/mol. The van der Waals surface area contributed by atoms with Gasteiger partial charge in [-0.1, -0.05) is 18.2 Å². The molecule has 0 saturated heterocycles. The van der Waals surface area contributed by atoms with Crippen LogP contribution in [0.4, 0.5) is 0 Å². The number of benzene rings is 2. The van der Waals surface area contributed by atoms with Gasteiger partial charge in [-0.05, 0) is 61.7 Å². The van der Waals surface area contributed by atoms with E-state index in [0.717, 1.165) is 20.3 Å². The molecule has 0 spiro atoms.